The first-order valence-corrected chi connectivity index (χ1v) is 12.0. The molecule has 0 spiro atoms. The fraction of sp³-hybridized carbons (Fsp3) is 0.318. The molecule has 9 nitrogen and oxygen atoms in total. The zero-order chi connectivity index (χ0) is 23.3. The Balaban J connectivity index is 2.02. The minimum Gasteiger partial charge on any atom is -0.494 e. The van der Waals surface area contributed by atoms with E-state index < -0.39 is 27.9 Å². The van der Waals surface area contributed by atoms with Crippen molar-refractivity contribution in [3.63, 3.8) is 0 Å². The highest BCUT2D eigenvalue weighted by Gasteiger charge is 2.35. The smallest absolute Gasteiger partial charge is 0.303 e. The Morgan fingerprint density at radius 1 is 1.16 bits per heavy atom. The minimum absolute atomic E-state index is 0.206. The minimum atomic E-state index is -3.53. The summed E-state index contributed by atoms with van der Waals surface area (Å²) in [6, 6.07) is 13.6. The number of ether oxygens (including phenoxy) is 1. The van der Waals surface area contributed by atoms with Gasteiger partial charge >= 0.3 is 5.97 Å². The van der Waals surface area contributed by atoms with Crippen molar-refractivity contribution in [2.24, 2.45) is 5.10 Å². The van der Waals surface area contributed by atoms with Gasteiger partial charge in [-0.2, -0.15) is 5.10 Å². The van der Waals surface area contributed by atoms with E-state index in [1.165, 1.54) is 5.01 Å². The summed E-state index contributed by atoms with van der Waals surface area (Å²) in [5.41, 5.74) is 2.15. The predicted octanol–water partition coefficient (Wildman–Crippen LogP) is 3.00. The van der Waals surface area contributed by atoms with Gasteiger partial charge in [0.25, 0.3) is 0 Å². The van der Waals surface area contributed by atoms with Gasteiger partial charge in [-0.3, -0.25) is 14.3 Å². The number of carboxylic acids is 1. The van der Waals surface area contributed by atoms with Crippen molar-refractivity contribution in [3.05, 3.63) is 59.7 Å². The first-order valence-electron chi connectivity index (χ1n) is 10.1. The van der Waals surface area contributed by atoms with E-state index in [-0.39, 0.29) is 12.8 Å². The Morgan fingerprint density at radius 3 is 2.53 bits per heavy atom. The molecule has 0 bridgehead atoms. The highest BCUT2D eigenvalue weighted by Crippen LogP contribution is 2.39. The maximum atomic E-state index is 12.9. The Morgan fingerprint density at radius 2 is 1.84 bits per heavy atom. The van der Waals surface area contributed by atoms with Gasteiger partial charge in [-0.25, -0.2) is 13.4 Å². The van der Waals surface area contributed by atoms with Gasteiger partial charge < -0.3 is 9.84 Å². The fourth-order valence-corrected chi connectivity index (χ4v) is 4.12. The van der Waals surface area contributed by atoms with Crippen LogP contribution in [0.5, 0.6) is 5.75 Å². The average molecular weight is 460 g/mol. The summed E-state index contributed by atoms with van der Waals surface area (Å²) in [5.74, 6) is -0.905. The normalized spacial score (nSPS) is 15.9. The number of aliphatic carboxylic acids is 1. The van der Waals surface area contributed by atoms with Crippen molar-refractivity contribution >= 4 is 33.3 Å². The monoisotopic (exact) mass is 459 g/mol. The zero-order valence-corrected chi connectivity index (χ0v) is 18.6. The van der Waals surface area contributed by atoms with Crippen LogP contribution in [-0.2, 0) is 19.6 Å². The molecule has 1 atom stereocenters. The number of carboxylic acid groups (broad SMARTS) is 1. The molecule has 2 N–H and O–H groups in total. The van der Waals surface area contributed by atoms with Crippen LogP contribution in [0.2, 0.25) is 0 Å². The number of carbonyl (C=O) groups excluding carboxylic acids is 1. The Kier molecular flexibility index (Phi) is 7.14. The molecule has 3 rings (SSSR count). The molecule has 170 valence electrons. The van der Waals surface area contributed by atoms with Crippen molar-refractivity contribution < 1.29 is 27.9 Å². The predicted molar refractivity (Wildman–Crippen MR) is 120 cm³/mol. The molecule has 2 aromatic carbocycles. The third-order valence-corrected chi connectivity index (χ3v) is 5.42. The summed E-state index contributed by atoms with van der Waals surface area (Å²) < 4.78 is 31.8. The highest BCUT2D eigenvalue weighted by molar-refractivity contribution is 7.92. The molecule has 0 saturated carbocycles. The third kappa shape index (κ3) is 5.64. The number of para-hydroxylation sites is 2. The number of rotatable bonds is 9. The summed E-state index contributed by atoms with van der Waals surface area (Å²) in [5, 5.41) is 14.8. The molecule has 10 heteroatoms. The molecule has 0 aromatic heterocycles. The van der Waals surface area contributed by atoms with Gasteiger partial charge in [-0.1, -0.05) is 36.4 Å². The van der Waals surface area contributed by atoms with Gasteiger partial charge in [0.15, 0.2) is 0 Å². The number of hydrogen-bond donors (Lipinski definition) is 2. The maximum absolute atomic E-state index is 12.9. The molecule has 0 radical (unpaired) electrons. The summed E-state index contributed by atoms with van der Waals surface area (Å²) in [4.78, 5) is 23.9. The molecule has 2 aromatic rings. The van der Waals surface area contributed by atoms with E-state index in [4.69, 9.17) is 9.84 Å². The lowest BCUT2D eigenvalue weighted by atomic mass is 9.96. The summed E-state index contributed by atoms with van der Waals surface area (Å²) in [6.07, 6.45) is 0.851. The van der Waals surface area contributed by atoms with E-state index in [0.717, 1.165) is 11.8 Å². The number of anilines is 1. The van der Waals surface area contributed by atoms with E-state index in [0.29, 0.717) is 35.7 Å². The molecule has 32 heavy (non-hydrogen) atoms. The molecule has 1 aliphatic rings. The fourth-order valence-electron chi connectivity index (χ4n) is 3.54. The van der Waals surface area contributed by atoms with Gasteiger partial charge in [0, 0.05) is 24.0 Å². The number of amides is 1. The van der Waals surface area contributed by atoms with Gasteiger partial charge in [0.2, 0.25) is 15.9 Å². The van der Waals surface area contributed by atoms with Crippen molar-refractivity contribution in [3.8, 4) is 5.75 Å². The molecular weight excluding hydrogens is 434 g/mol. The first-order chi connectivity index (χ1) is 15.2. The van der Waals surface area contributed by atoms with Crippen LogP contribution >= 0.6 is 0 Å². The summed E-state index contributed by atoms with van der Waals surface area (Å²) in [6.45, 7) is 2.29. The van der Waals surface area contributed by atoms with E-state index in [1.807, 2.05) is 25.1 Å². The Bertz CT molecular complexity index is 1150. The lowest BCUT2D eigenvalue weighted by Crippen LogP contribution is -2.27. The molecule has 0 fully saturated rings. The molecule has 1 amide bonds. The second kappa shape index (κ2) is 9.82. The summed E-state index contributed by atoms with van der Waals surface area (Å²) >= 11 is 0. The summed E-state index contributed by atoms with van der Waals surface area (Å²) in [7, 11) is -3.53. The second-order valence-corrected chi connectivity index (χ2v) is 9.04. The van der Waals surface area contributed by atoms with Crippen LogP contribution in [0.25, 0.3) is 0 Å². The SMILES string of the molecule is CCOc1ccccc1[C@H]1CC(c2ccccc2NS(C)(=O)=O)=NN1C(=O)CCC(=O)O. The van der Waals surface area contributed by atoms with E-state index in [9.17, 15) is 18.0 Å². The quantitative estimate of drug-likeness (QED) is 0.594. The average Bonchev–Trinajstić information content (AvgIpc) is 3.17. The number of hydrazone groups is 1. The lowest BCUT2D eigenvalue weighted by Gasteiger charge is -2.23. The number of nitrogens with one attached hydrogen (secondary N) is 1. The second-order valence-electron chi connectivity index (χ2n) is 7.29. The Labute approximate surface area is 186 Å². The number of benzene rings is 2. The molecule has 0 unspecified atom stereocenters. The Hall–Kier alpha value is -3.40. The maximum Gasteiger partial charge on any atom is 0.303 e. The van der Waals surface area contributed by atoms with Crippen LogP contribution in [0.1, 0.15) is 43.4 Å². The molecule has 1 aliphatic heterocycles. The largest absolute Gasteiger partial charge is 0.494 e. The first kappa shape index (κ1) is 23.3. The van der Waals surface area contributed by atoms with Gasteiger partial charge in [-0.05, 0) is 19.1 Å². The number of hydrogen-bond acceptors (Lipinski definition) is 6. The van der Waals surface area contributed by atoms with Gasteiger partial charge in [0.1, 0.15) is 5.75 Å². The van der Waals surface area contributed by atoms with Crippen molar-refractivity contribution in [2.75, 3.05) is 17.6 Å². The van der Waals surface area contributed by atoms with Crippen LogP contribution in [-0.4, -0.2) is 49.0 Å². The molecule has 1 heterocycles. The van der Waals surface area contributed by atoms with Crippen LogP contribution in [0.15, 0.2) is 53.6 Å². The van der Waals surface area contributed by atoms with E-state index >= 15 is 0 Å². The van der Waals surface area contributed by atoms with E-state index in [2.05, 4.69) is 9.82 Å². The molecular formula is C22H25N3O6S. The van der Waals surface area contributed by atoms with Crippen molar-refractivity contribution in [1.82, 2.24) is 5.01 Å². The topological polar surface area (TPSA) is 125 Å². The van der Waals surface area contributed by atoms with Crippen molar-refractivity contribution in [1.29, 1.82) is 0 Å². The number of sulfonamides is 1. The third-order valence-electron chi connectivity index (χ3n) is 4.83. The van der Waals surface area contributed by atoms with E-state index in [1.54, 1.807) is 30.3 Å². The van der Waals surface area contributed by atoms with Crippen molar-refractivity contribution in [2.45, 2.75) is 32.2 Å². The van der Waals surface area contributed by atoms with Crippen LogP contribution in [0.4, 0.5) is 5.69 Å². The van der Waals surface area contributed by atoms with Gasteiger partial charge in [-0.15, -0.1) is 0 Å². The molecule has 0 saturated heterocycles. The number of carbonyl (C=O) groups is 2. The van der Waals surface area contributed by atoms with Crippen LogP contribution in [0.3, 0.4) is 0 Å². The lowest BCUT2D eigenvalue weighted by molar-refractivity contribution is -0.141. The standard InChI is InChI=1S/C22H25N3O6S/c1-3-31-20-11-7-5-9-16(20)19-14-18(23-25(19)21(26)12-13-22(27)28)15-8-4-6-10-17(15)24-32(2,29)30/h4-11,19,24H,3,12-14H2,1-2H3,(H,27,28)/t19-/m1/s1. The number of nitrogens with zero attached hydrogens (tertiary/aromatic N) is 2. The zero-order valence-electron chi connectivity index (χ0n) is 17.8. The molecule has 0 aliphatic carbocycles. The van der Waals surface area contributed by atoms with Crippen LogP contribution in [0, 0.1) is 0 Å². The van der Waals surface area contributed by atoms with Gasteiger partial charge in [0.05, 0.1) is 36.7 Å². The highest BCUT2D eigenvalue weighted by atomic mass is 32.2. The van der Waals surface area contributed by atoms with Crippen LogP contribution < -0.4 is 9.46 Å².